The van der Waals surface area contributed by atoms with E-state index in [1.165, 1.54) is 4.31 Å². The quantitative estimate of drug-likeness (QED) is 0.639. The van der Waals surface area contributed by atoms with Gasteiger partial charge in [-0.15, -0.1) is 0 Å². The molecule has 2 saturated carbocycles. The summed E-state index contributed by atoms with van der Waals surface area (Å²) in [7, 11) is -3.58. The second-order valence-electron chi connectivity index (χ2n) is 10.0. The molecular formula is C26H30N2O3S. The molecule has 6 heteroatoms. The van der Waals surface area contributed by atoms with Crippen molar-refractivity contribution in [2.45, 2.75) is 45.6 Å². The van der Waals surface area contributed by atoms with Crippen LogP contribution in [-0.4, -0.2) is 42.7 Å². The fraction of sp³-hybridized carbons (Fsp3) is 0.462. The minimum Gasteiger partial charge on any atom is -0.284 e. The zero-order valence-electron chi connectivity index (χ0n) is 18.7. The zero-order valence-corrected chi connectivity index (χ0v) is 19.5. The van der Waals surface area contributed by atoms with Crippen LogP contribution < -0.4 is 0 Å². The first kappa shape index (κ1) is 21.4. The van der Waals surface area contributed by atoms with E-state index in [2.05, 4.69) is 13.8 Å². The predicted octanol–water partition coefficient (Wildman–Crippen LogP) is 4.28. The van der Waals surface area contributed by atoms with E-state index in [0.29, 0.717) is 5.92 Å². The molecule has 1 heterocycles. The van der Waals surface area contributed by atoms with Crippen LogP contribution in [0.15, 0.2) is 65.7 Å². The largest absolute Gasteiger partial charge is 0.284 e. The van der Waals surface area contributed by atoms with Crippen LogP contribution in [0, 0.1) is 16.7 Å². The van der Waals surface area contributed by atoms with Crippen molar-refractivity contribution in [3.05, 3.63) is 71.8 Å². The first-order chi connectivity index (χ1) is 15.3. The number of benzene rings is 2. The second-order valence-corrected chi connectivity index (χ2v) is 11.9. The third-order valence-electron chi connectivity index (χ3n) is 8.35. The SMILES string of the molecule is CC1(C)[C@@H]2CC[C@]13CS(=O)(=O)N(C(=O)CCN=C(c1ccccc1)c1ccccc1)[C@@H]3C2. The van der Waals surface area contributed by atoms with Gasteiger partial charge in [-0.1, -0.05) is 74.5 Å². The van der Waals surface area contributed by atoms with Crippen molar-refractivity contribution in [3.8, 4) is 0 Å². The Bertz CT molecular complexity index is 1120. The summed E-state index contributed by atoms with van der Waals surface area (Å²) in [6.07, 6.45) is 2.88. The molecule has 3 atom stereocenters. The van der Waals surface area contributed by atoms with Gasteiger partial charge in [-0.05, 0) is 30.6 Å². The van der Waals surface area contributed by atoms with Gasteiger partial charge >= 0.3 is 0 Å². The van der Waals surface area contributed by atoms with Gasteiger partial charge < -0.3 is 0 Å². The number of rotatable bonds is 5. The number of carbonyl (C=O) groups excluding carboxylic acids is 1. The number of carbonyl (C=O) groups is 1. The van der Waals surface area contributed by atoms with E-state index in [0.717, 1.165) is 36.1 Å². The van der Waals surface area contributed by atoms with Gasteiger partial charge in [0.1, 0.15) is 0 Å². The van der Waals surface area contributed by atoms with E-state index in [4.69, 9.17) is 4.99 Å². The highest BCUT2D eigenvalue weighted by atomic mass is 32.2. The molecule has 1 amide bonds. The van der Waals surface area contributed by atoms with Gasteiger partial charge in [-0.25, -0.2) is 12.7 Å². The Kier molecular flexibility index (Phi) is 5.04. The third kappa shape index (κ3) is 3.14. The van der Waals surface area contributed by atoms with Crippen molar-refractivity contribution < 1.29 is 13.2 Å². The molecule has 0 radical (unpaired) electrons. The first-order valence-electron chi connectivity index (χ1n) is 11.5. The van der Waals surface area contributed by atoms with E-state index in [1.54, 1.807) is 0 Å². The van der Waals surface area contributed by atoms with Gasteiger partial charge in [0.15, 0.2) is 0 Å². The Morgan fingerprint density at radius 2 is 1.62 bits per heavy atom. The van der Waals surface area contributed by atoms with Crippen molar-refractivity contribution in [2.75, 3.05) is 12.3 Å². The fourth-order valence-electron chi connectivity index (χ4n) is 6.53. The molecule has 3 fully saturated rings. The molecule has 32 heavy (non-hydrogen) atoms. The number of nitrogens with zero attached hydrogens (tertiary/aromatic N) is 2. The molecule has 5 nitrogen and oxygen atoms in total. The molecule has 2 aliphatic carbocycles. The standard InChI is InChI=1S/C26H30N2O3S/c1-25(2)21-13-15-26(25)18-32(30,31)28(22(26)17-21)23(29)14-16-27-24(19-9-5-3-6-10-19)20-11-7-4-8-12-20/h3-12,21-22H,13-18H2,1-2H3/t21-,22-,26-/m1/s1. The van der Waals surface area contributed by atoms with Crippen molar-refractivity contribution in [1.82, 2.24) is 4.31 Å². The Balaban J connectivity index is 1.38. The number of sulfonamides is 1. The van der Waals surface area contributed by atoms with Crippen LogP contribution >= 0.6 is 0 Å². The molecule has 1 aliphatic heterocycles. The van der Waals surface area contributed by atoms with Crippen LogP contribution in [-0.2, 0) is 14.8 Å². The molecule has 1 saturated heterocycles. The number of fused-ring (bicyclic) bond motifs is 1. The van der Waals surface area contributed by atoms with E-state index >= 15 is 0 Å². The van der Waals surface area contributed by atoms with Crippen LogP contribution in [0.3, 0.4) is 0 Å². The molecule has 1 spiro atoms. The zero-order chi connectivity index (χ0) is 22.6. The van der Waals surface area contributed by atoms with E-state index in [-0.39, 0.29) is 41.5 Å². The molecule has 0 unspecified atom stereocenters. The van der Waals surface area contributed by atoms with E-state index in [9.17, 15) is 13.2 Å². The fourth-order valence-corrected chi connectivity index (χ4v) is 9.11. The molecular weight excluding hydrogens is 420 g/mol. The minimum atomic E-state index is -3.58. The average molecular weight is 451 g/mol. The lowest BCUT2D eigenvalue weighted by molar-refractivity contribution is -0.128. The lowest BCUT2D eigenvalue weighted by Gasteiger charge is -2.37. The van der Waals surface area contributed by atoms with Gasteiger partial charge in [-0.2, -0.15) is 0 Å². The average Bonchev–Trinajstić information content (AvgIpc) is 3.26. The number of aliphatic imine (C=N–C) groups is 1. The van der Waals surface area contributed by atoms with E-state index in [1.807, 2.05) is 60.7 Å². The predicted molar refractivity (Wildman–Crippen MR) is 126 cm³/mol. The van der Waals surface area contributed by atoms with Gasteiger partial charge in [0.05, 0.1) is 17.5 Å². The molecule has 168 valence electrons. The van der Waals surface area contributed by atoms with Gasteiger partial charge in [0.2, 0.25) is 15.9 Å². The Hall–Kier alpha value is -2.47. The van der Waals surface area contributed by atoms with Crippen molar-refractivity contribution >= 4 is 21.6 Å². The smallest absolute Gasteiger partial charge is 0.238 e. The summed E-state index contributed by atoms with van der Waals surface area (Å²) < 4.78 is 27.5. The van der Waals surface area contributed by atoms with Crippen LogP contribution in [0.2, 0.25) is 0 Å². The Morgan fingerprint density at radius 3 is 2.19 bits per heavy atom. The highest BCUT2D eigenvalue weighted by Gasteiger charge is 2.72. The highest BCUT2D eigenvalue weighted by molar-refractivity contribution is 7.90. The molecule has 5 rings (SSSR count). The molecule has 3 aliphatic rings. The first-order valence-corrected chi connectivity index (χ1v) is 13.1. The Labute approximate surface area is 190 Å². The molecule has 2 aromatic carbocycles. The minimum absolute atomic E-state index is 0.0360. The van der Waals surface area contributed by atoms with E-state index < -0.39 is 10.0 Å². The molecule has 0 aromatic heterocycles. The molecule has 2 bridgehead atoms. The van der Waals surface area contributed by atoms with Crippen LogP contribution in [0.5, 0.6) is 0 Å². The topological polar surface area (TPSA) is 66.8 Å². The molecule has 0 N–H and O–H groups in total. The summed E-state index contributed by atoms with van der Waals surface area (Å²) in [6, 6.07) is 19.6. The summed E-state index contributed by atoms with van der Waals surface area (Å²) in [5.74, 6) is 0.307. The number of amides is 1. The van der Waals surface area contributed by atoms with Crippen molar-refractivity contribution in [3.63, 3.8) is 0 Å². The monoisotopic (exact) mass is 450 g/mol. The highest BCUT2D eigenvalue weighted by Crippen LogP contribution is 2.70. The lowest BCUT2D eigenvalue weighted by atomic mass is 9.69. The third-order valence-corrected chi connectivity index (χ3v) is 10.3. The maximum Gasteiger partial charge on any atom is 0.238 e. The van der Waals surface area contributed by atoms with Crippen molar-refractivity contribution in [1.29, 1.82) is 0 Å². The maximum atomic E-state index is 13.2. The summed E-state index contributed by atoms with van der Waals surface area (Å²) in [6.45, 7) is 4.66. The van der Waals surface area contributed by atoms with Crippen molar-refractivity contribution in [2.24, 2.45) is 21.7 Å². The normalized spacial score (nSPS) is 29.0. The van der Waals surface area contributed by atoms with Gasteiger partial charge in [-0.3, -0.25) is 9.79 Å². The number of hydrogen-bond acceptors (Lipinski definition) is 4. The lowest BCUT2D eigenvalue weighted by Crippen LogP contribution is -2.44. The summed E-state index contributed by atoms with van der Waals surface area (Å²) in [5.41, 5.74) is 2.46. The van der Waals surface area contributed by atoms with Crippen LogP contribution in [0.4, 0.5) is 0 Å². The maximum absolute atomic E-state index is 13.2. The molecule has 2 aromatic rings. The van der Waals surface area contributed by atoms with Gasteiger partial charge in [0.25, 0.3) is 0 Å². The second kappa shape index (κ2) is 7.55. The van der Waals surface area contributed by atoms with Crippen LogP contribution in [0.1, 0.15) is 50.7 Å². The Morgan fingerprint density at radius 1 is 1.03 bits per heavy atom. The number of hydrogen-bond donors (Lipinski definition) is 0. The van der Waals surface area contributed by atoms with Gasteiger partial charge in [0, 0.05) is 29.5 Å². The summed E-state index contributed by atoms with van der Waals surface area (Å²) in [5, 5.41) is 0. The summed E-state index contributed by atoms with van der Waals surface area (Å²) in [4.78, 5) is 18.0. The van der Waals surface area contributed by atoms with Crippen LogP contribution in [0.25, 0.3) is 0 Å². The summed E-state index contributed by atoms with van der Waals surface area (Å²) >= 11 is 0.